The van der Waals surface area contributed by atoms with Gasteiger partial charge >= 0.3 is 0 Å². The van der Waals surface area contributed by atoms with E-state index in [-0.39, 0.29) is 17.1 Å². The fourth-order valence-electron chi connectivity index (χ4n) is 4.29. The maximum absolute atomic E-state index is 13.2. The van der Waals surface area contributed by atoms with Gasteiger partial charge in [0, 0.05) is 37.1 Å². The first-order valence-corrected chi connectivity index (χ1v) is 12.7. The highest BCUT2D eigenvalue weighted by atomic mass is 32.2. The molecule has 0 radical (unpaired) electrons. The van der Waals surface area contributed by atoms with E-state index in [0.29, 0.717) is 37.1 Å². The van der Waals surface area contributed by atoms with Crippen LogP contribution in [0, 0.1) is 11.3 Å². The van der Waals surface area contributed by atoms with Gasteiger partial charge in [-0.15, -0.1) is 0 Å². The SMILES string of the molecule is N#Cc1ccc(S(=O)(=O)N2CCN(Cn3nc(-c4ccccc4)c4ccccc4c3=O)CC2)cc1. The zero-order valence-electron chi connectivity index (χ0n) is 18.9. The molecule has 4 aromatic rings. The number of aromatic nitrogens is 2. The summed E-state index contributed by atoms with van der Waals surface area (Å²) in [4.78, 5) is 15.4. The maximum atomic E-state index is 13.2. The van der Waals surface area contributed by atoms with Crippen LogP contribution in [0.3, 0.4) is 0 Å². The molecule has 5 rings (SSSR count). The second-order valence-electron chi connectivity index (χ2n) is 8.36. The first-order chi connectivity index (χ1) is 17.0. The Morgan fingerprint density at radius 3 is 2.11 bits per heavy atom. The summed E-state index contributed by atoms with van der Waals surface area (Å²) in [6, 6.07) is 25.1. The van der Waals surface area contributed by atoms with Crippen molar-refractivity contribution in [3.05, 3.63) is 94.8 Å². The number of fused-ring (bicyclic) bond motifs is 1. The molecular formula is C26H23N5O3S. The van der Waals surface area contributed by atoms with Gasteiger partial charge in [-0.2, -0.15) is 14.7 Å². The number of hydrogen-bond acceptors (Lipinski definition) is 6. The van der Waals surface area contributed by atoms with Crippen molar-refractivity contribution in [2.24, 2.45) is 0 Å². The molecule has 3 aromatic carbocycles. The third-order valence-electron chi connectivity index (χ3n) is 6.20. The molecule has 9 heteroatoms. The molecular weight excluding hydrogens is 462 g/mol. The van der Waals surface area contributed by atoms with E-state index in [1.807, 2.05) is 65.6 Å². The predicted molar refractivity (Wildman–Crippen MR) is 133 cm³/mol. The van der Waals surface area contributed by atoms with Crippen molar-refractivity contribution in [3.63, 3.8) is 0 Å². The quantitative estimate of drug-likeness (QED) is 0.431. The van der Waals surface area contributed by atoms with Gasteiger partial charge in [0.2, 0.25) is 10.0 Å². The molecule has 35 heavy (non-hydrogen) atoms. The zero-order chi connectivity index (χ0) is 24.4. The van der Waals surface area contributed by atoms with Crippen LogP contribution in [0.1, 0.15) is 5.56 Å². The van der Waals surface area contributed by atoms with Crippen LogP contribution in [0.25, 0.3) is 22.0 Å². The molecule has 1 aromatic heterocycles. The van der Waals surface area contributed by atoms with Crippen molar-refractivity contribution in [2.45, 2.75) is 11.6 Å². The van der Waals surface area contributed by atoms with Crippen molar-refractivity contribution >= 4 is 20.8 Å². The van der Waals surface area contributed by atoms with Gasteiger partial charge in [0.25, 0.3) is 5.56 Å². The van der Waals surface area contributed by atoms with E-state index >= 15 is 0 Å². The third-order valence-corrected chi connectivity index (χ3v) is 8.11. The third kappa shape index (κ3) is 4.47. The summed E-state index contributed by atoms with van der Waals surface area (Å²) in [6.07, 6.45) is 0. The normalized spacial score (nSPS) is 15.2. The minimum Gasteiger partial charge on any atom is -0.282 e. The van der Waals surface area contributed by atoms with Gasteiger partial charge in [0.15, 0.2) is 0 Å². The summed E-state index contributed by atoms with van der Waals surface area (Å²) >= 11 is 0. The Bertz CT molecular complexity index is 1570. The van der Waals surface area contributed by atoms with Crippen LogP contribution in [0.15, 0.2) is 88.6 Å². The molecule has 0 aliphatic carbocycles. The van der Waals surface area contributed by atoms with Crippen molar-refractivity contribution in [2.75, 3.05) is 26.2 Å². The van der Waals surface area contributed by atoms with E-state index in [0.717, 1.165) is 16.6 Å². The molecule has 2 heterocycles. The van der Waals surface area contributed by atoms with E-state index in [4.69, 9.17) is 10.4 Å². The molecule has 0 N–H and O–H groups in total. The Balaban J connectivity index is 1.37. The molecule has 0 spiro atoms. The van der Waals surface area contributed by atoms with Gasteiger partial charge in [-0.1, -0.05) is 48.5 Å². The fourth-order valence-corrected chi connectivity index (χ4v) is 5.71. The number of nitriles is 1. The summed E-state index contributed by atoms with van der Waals surface area (Å²) in [5.74, 6) is 0. The molecule has 0 saturated carbocycles. The molecule has 8 nitrogen and oxygen atoms in total. The minimum atomic E-state index is -3.65. The average molecular weight is 486 g/mol. The smallest absolute Gasteiger partial charge is 0.275 e. The van der Waals surface area contributed by atoms with Crippen LogP contribution >= 0.6 is 0 Å². The van der Waals surface area contributed by atoms with Crippen LogP contribution in [-0.2, 0) is 16.7 Å². The van der Waals surface area contributed by atoms with E-state index < -0.39 is 10.0 Å². The Hall–Kier alpha value is -3.84. The molecule has 0 bridgehead atoms. The molecule has 1 aliphatic rings. The first kappa shape index (κ1) is 22.9. The highest BCUT2D eigenvalue weighted by Crippen LogP contribution is 2.24. The largest absolute Gasteiger partial charge is 0.282 e. The van der Waals surface area contributed by atoms with Crippen molar-refractivity contribution in [3.8, 4) is 17.3 Å². The van der Waals surface area contributed by atoms with Gasteiger partial charge in [0.1, 0.15) is 0 Å². The molecule has 0 atom stereocenters. The minimum absolute atomic E-state index is 0.171. The lowest BCUT2D eigenvalue weighted by atomic mass is 10.1. The molecule has 0 amide bonds. The number of nitrogens with zero attached hydrogens (tertiary/aromatic N) is 5. The van der Waals surface area contributed by atoms with Gasteiger partial charge < -0.3 is 0 Å². The van der Waals surface area contributed by atoms with Gasteiger partial charge in [-0.05, 0) is 30.3 Å². The standard InChI is InChI=1S/C26H23N5O3S/c27-18-20-10-12-22(13-11-20)35(33,34)30-16-14-29(15-17-30)19-31-26(32)24-9-5-4-8-23(24)25(28-31)21-6-2-1-3-7-21/h1-13H,14-17,19H2. The fraction of sp³-hybridized carbons (Fsp3) is 0.192. The second kappa shape index (κ2) is 9.43. The number of sulfonamides is 1. The van der Waals surface area contributed by atoms with Crippen molar-refractivity contribution in [1.82, 2.24) is 19.0 Å². The van der Waals surface area contributed by atoms with Crippen LogP contribution < -0.4 is 5.56 Å². The Morgan fingerprint density at radius 2 is 1.46 bits per heavy atom. The Kier molecular flexibility index (Phi) is 6.17. The van der Waals surface area contributed by atoms with Crippen molar-refractivity contribution in [1.29, 1.82) is 5.26 Å². The molecule has 1 aliphatic heterocycles. The number of rotatable bonds is 5. The van der Waals surface area contributed by atoms with E-state index in [9.17, 15) is 13.2 Å². The zero-order valence-corrected chi connectivity index (χ0v) is 19.7. The predicted octanol–water partition coefficient (Wildman–Crippen LogP) is 2.90. The van der Waals surface area contributed by atoms with Crippen LogP contribution in [0.4, 0.5) is 0 Å². The van der Waals surface area contributed by atoms with E-state index in [2.05, 4.69) is 0 Å². The van der Waals surface area contributed by atoms with Gasteiger partial charge in [0.05, 0.1) is 34.3 Å². The number of hydrogen-bond donors (Lipinski definition) is 0. The van der Waals surface area contributed by atoms with Gasteiger partial charge in [-0.3, -0.25) is 9.69 Å². The summed E-state index contributed by atoms with van der Waals surface area (Å²) in [6.45, 7) is 1.81. The summed E-state index contributed by atoms with van der Waals surface area (Å²) in [5, 5.41) is 15.1. The van der Waals surface area contributed by atoms with E-state index in [1.165, 1.54) is 33.3 Å². The average Bonchev–Trinajstić information content (AvgIpc) is 2.91. The Labute approximate surface area is 203 Å². The first-order valence-electron chi connectivity index (χ1n) is 11.3. The molecule has 176 valence electrons. The summed E-state index contributed by atoms with van der Waals surface area (Å²) in [7, 11) is -3.65. The molecule has 1 fully saturated rings. The Morgan fingerprint density at radius 1 is 0.829 bits per heavy atom. The van der Waals surface area contributed by atoms with Crippen molar-refractivity contribution < 1.29 is 8.42 Å². The van der Waals surface area contributed by atoms with E-state index in [1.54, 1.807) is 0 Å². The molecule has 0 unspecified atom stereocenters. The lowest BCUT2D eigenvalue weighted by Gasteiger charge is -2.33. The monoisotopic (exact) mass is 485 g/mol. The summed E-state index contributed by atoms with van der Waals surface area (Å²) < 4.78 is 28.9. The number of piperazine rings is 1. The lowest BCUT2D eigenvalue weighted by Crippen LogP contribution is -2.49. The lowest BCUT2D eigenvalue weighted by molar-refractivity contribution is 0.143. The van der Waals surface area contributed by atoms with Crippen LogP contribution in [0.5, 0.6) is 0 Å². The highest BCUT2D eigenvalue weighted by Gasteiger charge is 2.29. The highest BCUT2D eigenvalue weighted by molar-refractivity contribution is 7.89. The maximum Gasteiger partial charge on any atom is 0.275 e. The van der Waals surface area contributed by atoms with Crippen LogP contribution in [0.2, 0.25) is 0 Å². The second-order valence-corrected chi connectivity index (χ2v) is 10.3. The van der Waals surface area contributed by atoms with Crippen LogP contribution in [-0.4, -0.2) is 53.6 Å². The molecule has 1 saturated heterocycles. The number of benzene rings is 3. The van der Waals surface area contributed by atoms with Gasteiger partial charge in [-0.25, -0.2) is 13.1 Å². The topological polar surface area (TPSA) is 99.3 Å². The summed E-state index contributed by atoms with van der Waals surface area (Å²) in [5.41, 5.74) is 1.91.